The lowest BCUT2D eigenvalue weighted by Gasteiger charge is -2.11. The number of amides is 1. The molecule has 2 rings (SSSR count). The molecule has 0 saturated carbocycles. The molecule has 0 heterocycles. The third kappa shape index (κ3) is 6.12. The van der Waals surface area contributed by atoms with Crippen LogP contribution in [0.3, 0.4) is 0 Å². The first-order chi connectivity index (χ1) is 12.1. The predicted molar refractivity (Wildman–Crippen MR) is 103 cm³/mol. The van der Waals surface area contributed by atoms with Crippen molar-refractivity contribution in [2.24, 2.45) is 4.99 Å². The summed E-state index contributed by atoms with van der Waals surface area (Å²) in [5, 5.41) is 9.86. The summed E-state index contributed by atoms with van der Waals surface area (Å²) in [6.07, 6.45) is 0. The van der Waals surface area contributed by atoms with Gasteiger partial charge in [-0.1, -0.05) is 35.9 Å². The van der Waals surface area contributed by atoms with Gasteiger partial charge in [-0.05, 0) is 42.3 Å². The highest BCUT2D eigenvalue weighted by molar-refractivity contribution is 6.30. The molecule has 1 amide bonds. The van der Waals surface area contributed by atoms with Crippen molar-refractivity contribution in [2.45, 2.75) is 20.0 Å². The summed E-state index contributed by atoms with van der Waals surface area (Å²) >= 11 is 5.90. The van der Waals surface area contributed by atoms with Gasteiger partial charge in [-0.2, -0.15) is 0 Å². The zero-order valence-corrected chi connectivity index (χ0v) is 15.2. The van der Waals surface area contributed by atoms with Crippen LogP contribution in [0.25, 0.3) is 0 Å². The quantitative estimate of drug-likeness (QED) is 0.549. The second kappa shape index (κ2) is 9.69. The standard InChI is InChI=1S/C19H23ClN4O/c1-3-22-19(23-12-14-7-9-17(20)10-8-14)24-13-15-5-4-6-16(11-15)18(25)21-2/h4-11H,3,12-13H2,1-2H3,(H,21,25)(H2,22,23,24). The van der Waals surface area contributed by atoms with E-state index in [4.69, 9.17) is 11.6 Å². The van der Waals surface area contributed by atoms with Gasteiger partial charge >= 0.3 is 0 Å². The first-order valence-electron chi connectivity index (χ1n) is 8.20. The van der Waals surface area contributed by atoms with Crippen molar-refractivity contribution in [1.29, 1.82) is 0 Å². The molecule has 25 heavy (non-hydrogen) atoms. The Morgan fingerprint density at radius 1 is 1.08 bits per heavy atom. The minimum atomic E-state index is -0.0985. The Bertz CT molecular complexity index is 728. The van der Waals surface area contributed by atoms with E-state index in [0.717, 1.165) is 28.7 Å². The molecular formula is C19H23ClN4O. The highest BCUT2D eigenvalue weighted by Crippen LogP contribution is 2.09. The van der Waals surface area contributed by atoms with Crippen molar-refractivity contribution in [3.8, 4) is 0 Å². The van der Waals surface area contributed by atoms with E-state index in [9.17, 15) is 4.79 Å². The number of hydrogen-bond acceptors (Lipinski definition) is 2. The third-order valence-corrected chi connectivity index (χ3v) is 3.81. The van der Waals surface area contributed by atoms with E-state index < -0.39 is 0 Å². The van der Waals surface area contributed by atoms with E-state index >= 15 is 0 Å². The fourth-order valence-electron chi connectivity index (χ4n) is 2.26. The number of nitrogens with one attached hydrogen (secondary N) is 3. The summed E-state index contributed by atoms with van der Waals surface area (Å²) in [6, 6.07) is 15.2. The van der Waals surface area contributed by atoms with Crippen molar-refractivity contribution >= 4 is 23.5 Å². The van der Waals surface area contributed by atoms with Gasteiger partial charge in [-0.25, -0.2) is 4.99 Å². The number of nitrogens with zero attached hydrogens (tertiary/aromatic N) is 1. The van der Waals surface area contributed by atoms with Crippen LogP contribution >= 0.6 is 11.6 Å². The Morgan fingerprint density at radius 3 is 2.52 bits per heavy atom. The van der Waals surface area contributed by atoms with E-state index in [1.54, 1.807) is 13.1 Å². The lowest BCUT2D eigenvalue weighted by Crippen LogP contribution is -2.36. The predicted octanol–water partition coefficient (Wildman–Crippen LogP) is 2.95. The molecule has 3 N–H and O–H groups in total. The van der Waals surface area contributed by atoms with Crippen molar-refractivity contribution in [3.05, 3.63) is 70.2 Å². The minimum Gasteiger partial charge on any atom is -0.357 e. The maximum Gasteiger partial charge on any atom is 0.251 e. The van der Waals surface area contributed by atoms with Crippen LogP contribution in [0.4, 0.5) is 0 Å². The number of aliphatic imine (C=N–C) groups is 1. The average molecular weight is 359 g/mol. The summed E-state index contributed by atoms with van der Waals surface area (Å²) in [5.74, 6) is 0.626. The topological polar surface area (TPSA) is 65.5 Å². The Balaban J connectivity index is 2.01. The molecular weight excluding hydrogens is 336 g/mol. The number of rotatable bonds is 6. The van der Waals surface area contributed by atoms with E-state index in [-0.39, 0.29) is 5.91 Å². The summed E-state index contributed by atoms with van der Waals surface area (Å²) in [5.41, 5.74) is 2.73. The van der Waals surface area contributed by atoms with E-state index in [2.05, 4.69) is 20.9 Å². The minimum absolute atomic E-state index is 0.0985. The largest absolute Gasteiger partial charge is 0.357 e. The molecule has 2 aromatic carbocycles. The smallest absolute Gasteiger partial charge is 0.251 e. The molecule has 0 spiro atoms. The van der Waals surface area contributed by atoms with Crippen LogP contribution in [-0.2, 0) is 13.1 Å². The Labute approximate surface area is 153 Å². The zero-order valence-electron chi connectivity index (χ0n) is 14.5. The molecule has 0 atom stereocenters. The number of guanidine groups is 1. The molecule has 0 radical (unpaired) electrons. The van der Waals surface area contributed by atoms with Crippen LogP contribution in [0.5, 0.6) is 0 Å². The number of carbonyl (C=O) groups excluding carboxylic acids is 1. The summed E-state index contributed by atoms with van der Waals surface area (Å²) < 4.78 is 0. The molecule has 0 fully saturated rings. The van der Waals surface area contributed by atoms with Crippen LogP contribution in [-0.4, -0.2) is 25.5 Å². The van der Waals surface area contributed by atoms with Gasteiger partial charge in [0.25, 0.3) is 5.91 Å². The fourth-order valence-corrected chi connectivity index (χ4v) is 2.38. The van der Waals surface area contributed by atoms with Crippen molar-refractivity contribution in [1.82, 2.24) is 16.0 Å². The molecule has 0 aliphatic carbocycles. The van der Waals surface area contributed by atoms with Gasteiger partial charge in [-0.3, -0.25) is 4.79 Å². The molecule has 0 bridgehead atoms. The SMILES string of the molecule is CCNC(=NCc1cccc(C(=O)NC)c1)NCc1ccc(Cl)cc1. The van der Waals surface area contributed by atoms with Crippen LogP contribution in [0, 0.1) is 0 Å². The maximum atomic E-state index is 11.7. The maximum absolute atomic E-state index is 11.7. The molecule has 6 heteroatoms. The van der Waals surface area contributed by atoms with E-state index in [0.29, 0.717) is 18.7 Å². The molecule has 0 aliphatic heterocycles. The fraction of sp³-hybridized carbons (Fsp3) is 0.263. The normalized spacial score (nSPS) is 11.1. The lowest BCUT2D eigenvalue weighted by atomic mass is 10.1. The summed E-state index contributed by atoms with van der Waals surface area (Å²) in [4.78, 5) is 16.3. The number of hydrogen-bond donors (Lipinski definition) is 3. The average Bonchev–Trinajstić information content (AvgIpc) is 2.65. The van der Waals surface area contributed by atoms with Crippen molar-refractivity contribution < 1.29 is 4.79 Å². The first kappa shape index (κ1) is 18.8. The molecule has 5 nitrogen and oxygen atoms in total. The Hall–Kier alpha value is -2.53. The van der Waals surface area contributed by atoms with Gasteiger partial charge in [0.2, 0.25) is 0 Å². The molecule has 2 aromatic rings. The third-order valence-electron chi connectivity index (χ3n) is 3.55. The monoisotopic (exact) mass is 358 g/mol. The van der Waals surface area contributed by atoms with Gasteiger partial charge in [-0.15, -0.1) is 0 Å². The van der Waals surface area contributed by atoms with Crippen LogP contribution in [0.15, 0.2) is 53.5 Å². The lowest BCUT2D eigenvalue weighted by molar-refractivity contribution is 0.0963. The summed E-state index contributed by atoms with van der Waals surface area (Å²) in [7, 11) is 1.62. The van der Waals surface area contributed by atoms with Crippen molar-refractivity contribution in [2.75, 3.05) is 13.6 Å². The van der Waals surface area contributed by atoms with Gasteiger partial charge in [0.15, 0.2) is 5.96 Å². The van der Waals surface area contributed by atoms with Gasteiger partial charge in [0, 0.05) is 30.7 Å². The number of carbonyl (C=O) groups is 1. The van der Waals surface area contributed by atoms with Crippen LogP contribution < -0.4 is 16.0 Å². The first-order valence-corrected chi connectivity index (χ1v) is 8.57. The Morgan fingerprint density at radius 2 is 1.84 bits per heavy atom. The van der Waals surface area contributed by atoms with Gasteiger partial charge < -0.3 is 16.0 Å². The van der Waals surface area contributed by atoms with Crippen molar-refractivity contribution in [3.63, 3.8) is 0 Å². The number of halogens is 1. The highest BCUT2D eigenvalue weighted by Gasteiger charge is 2.04. The van der Waals surface area contributed by atoms with E-state index in [1.165, 1.54) is 0 Å². The van der Waals surface area contributed by atoms with Crippen LogP contribution in [0.1, 0.15) is 28.4 Å². The molecule has 0 aliphatic rings. The van der Waals surface area contributed by atoms with Crippen LogP contribution in [0.2, 0.25) is 5.02 Å². The van der Waals surface area contributed by atoms with E-state index in [1.807, 2.05) is 49.4 Å². The second-order valence-electron chi connectivity index (χ2n) is 5.45. The van der Waals surface area contributed by atoms with Gasteiger partial charge in [0.1, 0.15) is 0 Å². The molecule has 0 unspecified atom stereocenters. The molecule has 0 saturated heterocycles. The molecule has 132 valence electrons. The zero-order chi connectivity index (χ0) is 18.1. The highest BCUT2D eigenvalue weighted by atomic mass is 35.5. The number of benzene rings is 2. The van der Waals surface area contributed by atoms with Gasteiger partial charge in [0.05, 0.1) is 6.54 Å². The second-order valence-corrected chi connectivity index (χ2v) is 5.89. The summed E-state index contributed by atoms with van der Waals surface area (Å²) in [6.45, 7) is 3.93. The molecule has 0 aromatic heterocycles. The Kier molecular flexibility index (Phi) is 7.29.